The van der Waals surface area contributed by atoms with E-state index in [1.807, 2.05) is 0 Å². The first kappa shape index (κ1) is 12.4. The van der Waals surface area contributed by atoms with E-state index in [1.165, 1.54) is 30.6 Å². The standard InChI is InChI=1S/C17H20N2/c1-14-7-5-10-16(18-14)17-11-6-12-19(17)13-15-8-3-2-4-9-15/h2-5,7-10,17H,6,11-13H2,1H3. The highest BCUT2D eigenvalue weighted by molar-refractivity contribution is 5.18. The third-order valence-electron chi connectivity index (χ3n) is 3.84. The van der Waals surface area contributed by atoms with E-state index in [2.05, 4.69) is 60.4 Å². The molecule has 2 heteroatoms. The van der Waals surface area contributed by atoms with Crippen LogP contribution in [0.2, 0.25) is 0 Å². The van der Waals surface area contributed by atoms with E-state index < -0.39 is 0 Å². The van der Waals surface area contributed by atoms with Gasteiger partial charge in [0.1, 0.15) is 0 Å². The number of nitrogens with zero attached hydrogens (tertiary/aromatic N) is 2. The van der Waals surface area contributed by atoms with Gasteiger partial charge in [0, 0.05) is 12.2 Å². The first-order chi connectivity index (χ1) is 9.33. The van der Waals surface area contributed by atoms with E-state index in [0.717, 1.165) is 12.2 Å². The van der Waals surface area contributed by atoms with Crippen LogP contribution in [0.5, 0.6) is 0 Å². The molecular formula is C17H20N2. The average Bonchev–Trinajstić information content (AvgIpc) is 2.88. The lowest BCUT2D eigenvalue weighted by Gasteiger charge is -2.24. The lowest BCUT2D eigenvalue weighted by molar-refractivity contribution is 0.244. The highest BCUT2D eigenvalue weighted by Crippen LogP contribution is 2.32. The molecule has 1 atom stereocenters. The summed E-state index contributed by atoms with van der Waals surface area (Å²) in [6, 6.07) is 17.6. The van der Waals surface area contributed by atoms with Gasteiger partial charge < -0.3 is 0 Å². The van der Waals surface area contributed by atoms with Crippen LogP contribution in [0.1, 0.15) is 35.8 Å². The molecule has 1 aliphatic rings. The Morgan fingerprint density at radius 1 is 1.11 bits per heavy atom. The van der Waals surface area contributed by atoms with E-state index in [9.17, 15) is 0 Å². The molecule has 0 N–H and O–H groups in total. The summed E-state index contributed by atoms with van der Waals surface area (Å²) in [7, 11) is 0. The first-order valence-electron chi connectivity index (χ1n) is 7.04. The monoisotopic (exact) mass is 252 g/mol. The van der Waals surface area contributed by atoms with Gasteiger partial charge in [-0.25, -0.2) is 0 Å². The van der Waals surface area contributed by atoms with E-state index >= 15 is 0 Å². The van der Waals surface area contributed by atoms with Gasteiger partial charge in [0.05, 0.1) is 11.7 Å². The normalized spacial score (nSPS) is 19.7. The number of aryl methyl sites for hydroxylation is 1. The maximum Gasteiger partial charge on any atom is 0.0578 e. The summed E-state index contributed by atoms with van der Waals surface area (Å²) < 4.78 is 0. The fourth-order valence-electron chi connectivity index (χ4n) is 2.92. The van der Waals surface area contributed by atoms with Gasteiger partial charge >= 0.3 is 0 Å². The zero-order valence-corrected chi connectivity index (χ0v) is 11.4. The van der Waals surface area contributed by atoms with Gasteiger partial charge in [-0.3, -0.25) is 9.88 Å². The molecule has 1 fully saturated rings. The van der Waals surface area contributed by atoms with E-state index in [-0.39, 0.29) is 0 Å². The Morgan fingerprint density at radius 2 is 1.95 bits per heavy atom. The molecule has 2 aromatic rings. The van der Waals surface area contributed by atoms with Crippen molar-refractivity contribution in [2.24, 2.45) is 0 Å². The predicted octanol–water partition coefficient (Wildman–Crippen LogP) is 3.73. The van der Waals surface area contributed by atoms with Gasteiger partial charge in [-0.1, -0.05) is 36.4 Å². The second-order valence-electron chi connectivity index (χ2n) is 5.32. The van der Waals surface area contributed by atoms with Crippen molar-refractivity contribution >= 4 is 0 Å². The van der Waals surface area contributed by atoms with E-state index in [1.54, 1.807) is 0 Å². The SMILES string of the molecule is Cc1cccc(C2CCCN2Cc2ccccc2)n1. The van der Waals surface area contributed by atoms with Crippen molar-refractivity contribution in [1.82, 2.24) is 9.88 Å². The Kier molecular flexibility index (Phi) is 3.60. The van der Waals surface area contributed by atoms with Crippen molar-refractivity contribution in [2.45, 2.75) is 32.4 Å². The molecule has 0 saturated carbocycles. The number of hydrogen-bond acceptors (Lipinski definition) is 2. The topological polar surface area (TPSA) is 16.1 Å². The Balaban J connectivity index is 1.78. The molecule has 3 rings (SSSR count). The van der Waals surface area contributed by atoms with Crippen molar-refractivity contribution in [2.75, 3.05) is 6.54 Å². The summed E-state index contributed by atoms with van der Waals surface area (Å²) in [4.78, 5) is 7.26. The molecule has 2 heterocycles. The third-order valence-corrected chi connectivity index (χ3v) is 3.84. The summed E-state index contributed by atoms with van der Waals surface area (Å²) in [5.41, 5.74) is 3.74. The van der Waals surface area contributed by atoms with Gasteiger partial charge in [0.15, 0.2) is 0 Å². The van der Waals surface area contributed by atoms with E-state index in [0.29, 0.717) is 6.04 Å². The van der Waals surface area contributed by atoms with Gasteiger partial charge in [-0.05, 0) is 44.0 Å². The number of rotatable bonds is 3. The Hall–Kier alpha value is -1.67. The number of aromatic nitrogens is 1. The summed E-state index contributed by atoms with van der Waals surface area (Å²) >= 11 is 0. The van der Waals surface area contributed by atoms with Crippen LogP contribution in [0.4, 0.5) is 0 Å². The van der Waals surface area contributed by atoms with Crippen molar-refractivity contribution in [1.29, 1.82) is 0 Å². The van der Waals surface area contributed by atoms with Crippen LogP contribution in [0.3, 0.4) is 0 Å². The fraction of sp³-hybridized carbons (Fsp3) is 0.353. The minimum atomic E-state index is 0.486. The molecule has 1 aromatic heterocycles. The van der Waals surface area contributed by atoms with Crippen molar-refractivity contribution < 1.29 is 0 Å². The molecule has 0 amide bonds. The highest BCUT2D eigenvalue weighted by atomic mass is 15.2. The van der Waals surface area contributed by atoms with Crippen LogP contribution in [-0.4, -0.2) is 16.4 Å². The van der Waals surface area contributed by atoms with Crippen molar-refractivity contribution in [3.63, 3.8) is 0 Å². The molecule has 98 valence electrons. The van der Waals surface area contributed by atoms with E-state index in [4.69, 9.17) is 4.98 Å². The summed E-state index contributed by atoms with van der Waals surface area (Å²) in [5.74, 6) is 0. The number of likely N-dealkylation sites (tertiary alicyclic amines) is 1. The zero-order chi connectivity index (χ0) is 13.1. The minimum Gasteiger partial charge on any atom is -0.291 e. The Morgan fingerprint density at radius 3 is 2.74 bits per heavy atom. The molecule has 0 aliphatic carbocycles. The molecule has 0 bridgehead atoms. The smallest absolute Gasteiger partial charge is 0.0578 e. The molecule has 19 heavy (non-hydrogen) atoms. The average molecular weight is 252 g/mol. The van der Waals surface area contributed by atoms with Crippen LogP contribution in [0, 0.1) is 6.92 Å². The lowest BCUT2D eigenvalue weighted by Crippen LogP contribution is -2.23. The maximum absolute atomic E-state index is 4.71. The lowest BCUT2D eigenvalue weighted by atomic mass is 10.1. The molecule has 2 nitrogen and oxygen atoms in total. The second kappa shape index (κ2) is 5.54. The van der Waals surface area contributed by atoms with Gasteiger partial charge in [0.25, 0.3) is 0 Å². The second-order valence-corrected chi connectivity index (χ2v) is 5.32. The largest absolute Gasteiger partial charge is 0.291 e. The van der Waals surface area contributed by atoms with Crippen LogP contribution >= 0.6 is 0 Å². The molecule has 0 spiro atoms. The maximum atomic E-state index is 4.71. The highest BCUT2D eigenvalue weighted by Gasteiger charge is 2.26. The molecule has 1 saturated heterocycles. The van der Waals surface area contributed by atoms with Gasteiger partial charge in [0.2, 0.25) is 0 Å². The molecule has 0 radical (unpaired) electrons. The Labute approximate surface area is 115 Å². The van der Waals surface area contributed by atoms with Crippen LogP contribution in [0.25, 0.3) is 0 Å². The third kappa shape index (κ3) is 2.85. The Bertz CT molecular complexity index is 536. The fourth-order valence-corrected chi connectivity index (χ4v) is 2.92. The van der Waals surface area contributed by atoms with Gasteiger partial charge in [-0.2, -0.15) is 0 Å². The number of benzene rings is 1. The number of pyridine rings is 1. The predicted molar refractivity (Wildman–Crippen MR) is 77.8 cm³/mol. The van der Waals surface area contributed by atoms with Crippen molar-refractivity contribution in [3.05, 3.63) is 65.5 Å². The van der Waals surface area contributed by atoms with Crippen molar-refractivity contribution in [3.8, 4) is 0 Å². The van der Waals surface area contributed by atoms with Crippen LogP contribution < -0.4 is 0 Å². The summed E-state index contributed by atoms with van der Waals surface area (Å²) in [5, 5.41) is 0. The summed E-state index contributed by atoms with van der Waals surface area (Å²) in [6.45, 7) is 4.27. The van der Waals surface area contributed by atoms with Crippen LogP contribution in [0.15, 0.2) is 48.5 Å². The van der Waals surface area contributed by atoms with Gasteiger partial charge in [-0.15, -0.1) is 0 Å². The number of hydrogen-bond donors (Lipinski definition) is 0. The quantitative estimate of drug-likeness (QED) is 0.827. The summed E-state index contributed by atoms with van der Waals surface area (Å²) in [6.07, 6.45) is 2.50. The zero-order valence-electron chi connectivity index (χ0n) is 11.4. The first-order valence-corrected chi connectivity index (χ1v) is 7.04. The molecule has 1 aromatic carbocycles. The molecule has 1 unspecified atom stereocenters. The molecular weight excluding hydrogens is 232 g/mol. The van der Waals surface area contributed by atoms with Crippen LogP contribution in [-0.2, 0) is 6.54 Å². The molecule has 1 aliphatic heterocycles. The minimum absolute atomic E-state index is 0.486.